The number of fused-ring (bicyclic) bond motifs is 2. The van der Waals surface area contributed by atoms with E-state index >= 15 is 0 Å². The van der Waals surface area contributed by atoms with Gasteiger partial charge in [-0.25, -0.2) is 4.98 Å². The molecule has 0 fully saturated rings. The zero-order valence-electron chi connectivity index (χ0n) is 17.9. The van der Waals surface area contributed by atoms with Crippen LogP contribution in [0.15, 0.2) is 83.8 Å². The van der Waals surface area contributed by atoms with Crippen molar-refractivity contribution in [2.75, 3.05) is 5.32 Å². The standard InChI is InChI=1S/C26H22N4O2/c1-17-8-11-20(12-9-17)27-25(31)22-14-21-24(29(22)16-19-6-4-3-5-7-19)28-23-13-10-18(2)15-30(23)26(21)32/h3-15H,16H2,1-2H3,(H,27,31). The van der Waals surface area contributed by atoms with Crippen LogP contribution in [0.25, 0.3) is 16.7 Å². The monoisotopic (exact) mass is 422 g/mol. The first-order valence-electron chi connectivity index (χ1n) is 10.4. The average Bonchev–Trinajstić information content (AvgIpc) is 3.15. The molecule has 0 atom stereocenters. The lowest BCUT2D eigenvalue weighted by Crippen LogP contribution is -2.18. The van der Waals surface area contributed by atoms with Crippen molar-refractivity contribution in [3.8, 4) is 0 Å². The van der Waals surface area contributed by atoms with Gasteiger partial charge in [-0.05, 0) is 49.2 Å². The van der Waals surface area contributed by atoms with Gasteiger partial charge < -0.3 is 9.88 Å². The molecule has 5 aromatic rings. The minimum atomic E-state index is -0.285. The summed E-state index contributed by atoms with van der Waals surface area (Å²) in [6.07, 6.45) is 1.77. The minimum Gasteiger partial charge on any atom is -0.321 e. The molecule has 0 bridgehead atoms. The Balaban J connectivity index is 1.69. The van der Waals surface area contributed by atoms with Crippen LogP contribution in [0, 0.1) is 13.8 Å². The van der Waals surface area contributed by atoms with Crippen LogP contribution in [0.3, 0.4) is 0 Å². The summed E-state index contributed by atoms with van der Waals surface area (Å²) in [4.78, 5) is 31.3. The van der Waals surface area contributed by atoms with Gasteiger partial charge in [0.15, 0.2) is 0 Å². The molecule has 5 rings (SSSR count). The molecular weight excluding hydrogens is 400 g/mol. The second-order valence-corrected chi connectivity index (χ2v) is 8.01. The summed E-state index contributed by atoms with van der Waals surface area (Å²) in [5, 5.41) is 3.36. The highest BCUT2D eigenvalue weighted by molar-refractivity contribution is 6.06. The molecule has 3 heterocycles. The summed E-state index contributed by atoms with van der Waals surface area (Å²) in [5.41, 5.74) is 5.03. The number of nitrogens with one attached hydrogen (secondary N) is 1. The van der Waals surface area contributed by atoms with Gasteiger partial charge in [0.05, 0.1) is 5.39 Å². The predicted molar refractivity (Wildman–Crippen MR) is 126 cm³/mol. The van der Waals surface area contributed by atoms with Crippen molar-refractivity contribution in [1.82, 2.24) is 14.0 Å². The quantitative estimate of drug-likeness (QED) is 0.461. The molecule has 0 saturated heterocycles. The van der Waals surface area contributed by atoms with Crippen LogP contribution in [-0.4, -0.2) is 19.9 Å². The van der Waals surface area contributed by atoms with Crippen molar-refractivity contribution in [2.24, 2.45) is 0 Å². The van der Waals surface area contributed by atoms with Crippen molar-refractivity contribution >= 4 is 28.3 Å². The van der Waals surface area contributed by atoms with E-state index in [-0.39, 0.29) is 11.5 Å². The Morgan fingerprint density at radius 3 is 2.41 bits per heavy atom. The maximum atomic E-state index is 13.3. The molecule has 1 amide bonds. The van der Waals surface area contributed by atoms with Crippen LogP contribution in [0.2, 0.25) is 0 Å². The van der Waals surface area contributed by atoms with Crippen molar-refractivity contribution < 1.29 is 4.79 Å². The van der Waals surface area contributed by atoms with Gasteiger partial charge in [-0.3, -0.25) is 14.0 Å². The van der Waals surface area contributed by atoms with E-state index in [0.29, 0.717) is 34.6 Å². The molecule has 0 saturated carbocycles. The number of hydrogen-bond donors (Lipinski definition) is 1. The van der Waals surface area contributed by atoms with Crippen molar-refractivity contribution in [2.45, 2.75) is 20.4 Å². The first-order chi connectivity index (χ1) is 15.5. The molecular formula is C26H22N4O2. The Morgan fingerprint density at radius 2 is 1.66 bits per heavy atom. The van der Waals surface area contributed by atoms with Crippen LogP contribution >= 0.6 is 0 Å². The molecule has 0 spiro atoms. The summed E-state index contributed by atoms with van der Waals surface area (Å²) in [6, 6.07) is 22.8. The third-order valence-corrected chi connectivity index (χ3v) is 5.54. The number of aryl methyl sites for hydroxylation is 2. The molecule has 0 unspecified atom stereocenters. The number of aromatic nitrogens is 3. The summed E-state index contributed by atoms with van der Waals surface area (Å²) in [7, 11) is 0. The molecule has 32 heavy (non-hydrogen) atoms. The molecule has 0 aliphatic rings. The summed E-state index contributed by atoms with van der Waals surface area (Å²) < 4.78 is 3.35. The predicted octanol–water partition coefficient (Wildman–Crippen LogP) is 4.57. The molecule has 158 valence electrons. The number of carbonyl (C=O) groups is 1. The normalized spacial score (nSPS) is 11.2. The van der Waals surface area contributed by atoms with Gasteiger partial charge in [0.2, 0.25) is 0 Å². The van der Waals surface area contributed by atoms with Gasteiger partial charge in [-0.15, -0.1) is 0 Å². The highest BCUT2D eigenvalue weighted by Crippen LogP contribution is 2.20. The highest BCUT2D eigenvalue weighted by atomic mass is 16.2. The second kappa shape index (κ2) is 7.81. The van der Waals surface area contributed by atoms with E-state index < -0.39 is 0 Å². The Bertz CT molecular complexity index is 1510. The number of pyridine rings is 1. The summed E-state index contributed by atoms with van der Waals surface area (Å²) >= 11 is 0. The SMILES string of the molecule is Cc1ccc(NC(=O)c2cc3c(=O)n4cc(C)ccc4nc3n2Cc2ccccc2)cc1. The lowest BCUT2D eigenvalue weighted by atomic mass is 10.2. The summed E-state index contributed by atoms with van der Waals surface area (Å²) in [5.74, 6) is -0.285. The minimum absolute atomic E-state index is 0.190. The Labute approximate surface area is 184 Å². The maximum Gasteiger partial charge on any atom is 0.272 e. The molecule has 1 N–H and O–H groups in total. The maximum absolute atomic E-state index is 13.3. The van der Waals surface area contributed by atoms with E-state index in [9.17, 15) is 9.59 Å². The Hall–Kier alpha value is -4.19. The molecule has 0 aliphatic carbocycles. The van der Waals surface area contributed by atoms with Gasteiger partial charge in [-0.1, -0.05) is 54.1 Å². The van der Waals surface area contributed by atoms with Gasteiger partial charge in [0.1, 0.15) is 17.0 Å². The second-order valence-electron chi connectivity index (χ2n) is 8.01. The fraction of sp³-hybridized carbons (Fsp3) is 0.115. The van der Waals surface area contributed by atoms with Crippen LogP contribution in [0.4, 0.5) is 5.69 Å². The van der Waals surface area contributed by atoms with Gasteiger partial charge in [-0.2, -0.15) is 0 Å². The number of amides is 1. The van der Waals surface area contributed by atoms with Gasteiger partial charge in [0.25, 0.3) is 11.5 Å². The summed E-state index contributed by atoms with van der Waals surface area (Å²) in [6.45, 7) is 4.35. The lowest BCUT2D eigenvalue weighted by Gasteiger charge is -2.11. The third kappa shape index (κ3) is 3.56. The fourth-order valence-electron chi connectivity index (χ4n) is 3.85. The van der Waals surface area contributed by atoms with E-state index in [4.69, 9.17) is 4.98 Å². The number of nitrogens with zero attached hydrogens (tertiary/aromatic N) is 3. The van der Waals surface area contributed by atoms with Crippen LogP contribution in [0.5, 0.6) is 0 Å². The average molecular weight is 422 g/mol. The number of carbonyl (C=O) groups excluding carboxylic acids is 1. The Kier molecular flexibility index (Phi) is 4.82. The number of anilines is 1. The van der Waals surface area contributed by atoms with E-state index in [1.165, 1.54) is 4.40 Å². The van der Waals surface area contributed by atoms with Crippen molar-refractivity contribution in [3.05, 3.63) is 112 Å². The molecule has 2 aromatic carbocycles. The van der Waals surface area contributed by atoms with Crippen LogP contribution in [-0.2, 0) is 6.54 Å². The first kappa shape index (κ1) is 19.8. The van der Waals surface area contributed by atoms with Crippen molar-refractivity contribution in [1.29, 1.82) is 0 Å². The van der Waals surface area contributed by atoms with Gasteiger partial charge in [0, 0.05) is 18.4 Å². The smallest absolute Gasteiger partial charge is 0.272 e. The molecule has 6 heteroatoms. The van der Waals surface area contributed by atoms with Crippen molar-refractivity contribution in [3.63, 3.8) is 0 Å². The molecule has 0 radical (unpaired) electrons. The first-order valence-corrected chi connectivity index (χ1v) is 10.4. The van der Waals surface area contributed by atoms with E-state index in [2.05, 4.69) is 5.32 Å². The van der Waals surface area contributed by atoms with Crippen LogP contribution < -0.4 is 10.9 Å². The van der Waals surface area contributed by atoms with Gasteiger partial charge >= 0.3 is 0 Å². The highest BCUT2D eigenvalue weighted by Gasteiger charge is 2.20. The fourth-order valence-corrected chi connectivity index (χ4v) is 3.85. The molecule has 0 aliphatic heterocycles. The molecule has 6 nitrogen and oxygen atoms in total. The Morgan fingerprint density at radius 1 is 0.938 bits per heavy atom. The number of benzene rings is 2. The largest absolute Gasteiger partial charge is 0.321 e. The lowest BCUT2D eigenvalue weighted by molar-refractivity contribution is 0.101. The number of hydrogen-bond acceptors (Lipinski definition) is 3. The zero-order valence-corrected chi connectivity index (χ0v) is 17.9. The van der Waals surface area contributed by atoms with E-state index in [1.54, 1.807) is 12.3 Å². The van der Waals surface area contributed by atoms with Crippen LogP contribution in [0.1, 0.15) is 27.2 Å². The zero-order chi connectivity index (χ0) is 22.2. The number of rotatable bonds is 4. The van der Waals surface area contributed by atoms with E-state index in [0.717, 1.165) is 16.7 Å². The molecule has 3 aromatic heterocycles. The van der Waals surface area contributed by atoms with E-state index in [1.807, 2.05) is 85.1 Å². The third-order valence-electron chi connectivity index (χ3n) is 5.54. The topological polar surface area (TPSA) is 68.4 Å².